The number of carbonyl (C=O) groups excluding carboxylic acids is 2. The summed E-state index contributed by atoms with van der Waals surface area (Å²) in [4.78, 5) is 37.1. The third-order valence-electron chi connectivity index (χ3n) is 4.88. The van der Waals surface area contributed by atoms with Crippen LogP contribution in [0.1, 0.15) is 46.9 Å². The largest absolute Gasteiger partial charge is 0.493 e. The summed E-state index contributed by atoms with van der Waals surface area (Å²) >= 11 is 0. The van der Waals surface area contributed by atoms with Crippen molar-refractivity contribution in [2.24, 2.45) is 0 Å². The van der Waals surface area contributed by atoms with Crippen molar-refractivity contribution in [2.45, 2.75) is 26.2 Å². The van der Waals surface area contributed by atoms with Gasteiger partial charge in [0, 0.05) is 24.7 Å². The van der Waals surface area contributed by atoms with Gasteiger partial charge in [0.15, 0.2) is 17.3 Å². The van der Waals surface area contributed by atoms with Gasteiger partial charge in [-0.2, -0.15) is 0 Å². The smallest absolute Gasteiger partial charge is 0.343 e. The minimum atomic E-state index is -0.743. The molecule has 8 nitrogen and oxygen atoms in total. The first-order valence-electron chi connectivity index (χ1n) is 9.35. The highest BCUT2D eigenvalue weighted by atomic mass is 16.6. The van der Waals surface area contributed by atoms with E-state index in [0.29, 0.717) is 11.3 Å². The Balaban J connectivity index is 1.87. The highest BCUT2D eigenvalue weighted by Crippen LogP contribution is 2.33. The molecule has 1 aliphatic heterocycles. The van der Waals surface area contributed by atoms with E-state index in [2.05, 4.69) is 0 Å². The maximum Gasteiger partial charge on any atom is 0.343 e. The Labute approximate surface area is 168 Å². The van der Waals surface area contributed by atoms with E-state index < -0.39 is 10.9 Å². The molecule has 1 saturated heterocycles. The first-order chi connectivity index (χ1) is 13.9. The van der Waals surface area contributed by atoms with Crippen molar-refractivity contribution in [3.8, 4) is 11.5 Å². The standard InChI is InChI=1S/C21H22N2O6/c1-14(24)15-7-9-19(20(13-15)28-2)29-21(25)16-6-8-17(18(12-16)23(26)27)22-10-4-3-5-11-22/h6-9,12-13H,3-5,10-11H2,1-2H3. The van der Waals surface area contributed by atoms with Crippen LogP contribution in [0.15, 0.2) is 36.4 Å². The van der Waals surface area contributed by atoms with Crippen molar-refractivity contribution in [2.75, 3.05) is 25.1 Å². The number of methoxy groups -OCH3 is 1. The number of piperidine rings is 1. The number of hydrogen-bond acceptors (Lipinski definition) is 7. The average molecular weight is 398 g/mol. The van der Waals surface area contributed by atoms with Gasteiger partial charge in [0.2, 0.25) is 0 Å². The summed E-state index contributed by atoms with van der Waals surface area (Å²) in [5.74, 6) is -0.534. The lowest BCUT2D eigenvalue weighted by Crippen LogP contribution is -2.30. The molecule has 29 heavy (non-hydrogen) atoms. The van der Waals surface area contributed by atoms with E-state index in [4.69, 9.17) is 9.47 Å². The van der Waals surface area contributed by atoms with Gasteiger partial charge in [0.1, 0.15) is 5.69 Å². The molecule has 3 rings (SSSR count). The number of nitro groups is 1. The van der Waals surface area contributed by atoms with Crippen LogP contribution in [0.3, 0.4) is 0 Å². The summed E-state index contributed by atoms with van der Waals surface area (Å²) in [5.41, 5.74) is 0.869. The minimum Gasteiger partial charge on any atom is -0.493 e. The Bertz CT molecular complexity index is 950. The molecule has 0 N–H and O–H groups in total. The van der Waals surface area contributed by atoms with Gasteiger partial charge >= 0.3 is 5.97 Å². The number of rotatable bonds is 6. The second-order valence-corrected chi connectivity index (χ2v) is 6.82. The van der Waals surface area contributed by atoms with Crippen LogP contribution in [-0.2, 0) is 0 Å². The lowest BCUT2D eigenvalue weighted by Gasteiger charge is -2.28. The van der Waals surface area contributed by atoms with E-state index in [0.717, 1.165) is 32.4 Å². The maximum atomic E-state index is 12.6. The van der Waals surface area contributed by atoms with Crippen LogP contribution in [0.5, 0.6) is 11.5 Å². The SMILES string of the molecule is COc1cc(C(C)=O)ccc1OC(=O)c1ccc(N2CCCCC2)c([N+](=O)[O-])c1. The van der Waals surface area contributed by atoms with Gasteiger partial charge in [-0.25, -0.2) is 4.79 Å². The van der Waals surface area contributed by atoms with Gasteiger partial charge in [0.05, 0.1) is 17.6 Å². The second kappa shape index (κ2) is 8.72. The molecule has 0 saturated carbocycles. The molecule has 0 spiro atoms. The van der Waals surface area contributed by atoms with Crippen molar-refractivity contribution in [3.63, 3.8) is 0 Å². The molecule has 8 heteroatoms. The lowest BCUT2D eigenvalue weighted by atomic mass is 10.1. The molecule has 0 amide bonds. The number of carbonyl (C=O) groups is 2. The Morgan fingerprint density at radius 1 is 1.00 bits per heavy atom. The maximum absolute atomic E-state index is 12.6. The molecule has 0 bridgehead atoms. The molecule has 2 aromatic carbocycles. The van der Waals surface area contributed by atoms with Crippen molar-refractivity contribution in [1.29, 1.82) is 0 Å². The summed E-state index contributed by atoms with van der Waals surface area (Å²) in [6, 6.07) is 8.82. The summed E-state index contributed by atoms with van der Waals surface area (Å²) in [5, 5.41) is 11.6. The van der Waals surface area contributed by atoms with Gasteiger partial charge in [-0.1, -0.05) is 0 Å². The van der Waals surface area contributed by atoms with E-state index in [1.165, 1.54) is 44.4 Å². The van der Waals surface area contributed by atoms with Crippen LogP contribution >= 0.6 is 0 Å². The van der Waals surface area contributed by atoms with E-state index in [-0.39, 0.29) is 28.5 Å². The zero-order valence-corrected chi connectivity index (χ0v) is 16.3. The van der Waals surface area contributed by atoms with Crippen LogP contribution in [0.4, 0.5) is 11.4 Å². The van der Waals surface area contributed by atoms with Crippen LogP contribution in [0.2, 0.25) is 0 Å². The van der Waals surface area contributed by atoms with Crippen molar-refractivity contribution < 1.29 is 24.0 Å². The molecule has 2 aromatic rings. The number of benzene rings is 2. The zero-order valence-electron chi connectivity index (χ0n) is 16.3. The number of esters is 1. The Morgan fingerprint density at radius 2 is 1.69 bits per heavy atom. The molecule has 1 heterocycles. The fraction of sp³-hybridized carbons (Fsp3) is 0.333. The average Bonchev–Trinajstić information content (AvgIpc) is 2.73. The predicted molar refractivity (Wildman–Crippen MR) is 107 cm³/mol. The summed E-state index contributed by atoms with van der Waals surface area (Å²) in [7, 11) is 1.40. The van der Waals surface area contributed by atoms with Crippen molar-refractivity contribution in [3.05, 3.63) is 57.6 Å². The van der Waals surface area contributed by atoms with E-state index >= 15 is 0 Å². The van der Waals surface area contributed by atoms with Gasteiger partial charge in [0.25, 0.3) is 5.69 Å². The first kappa shape index (κ1) is 20.3. The number of ether oxygens (including phenoxy) is 2. The fourth-order valence-electron chi connectivity index (χ4n) is 3.33. The summed E-state index contributed by atoms with van der Waals surface area (Å²) < 4.78 is 10.6. The molecular weight excluding hydrogens is 376 g/mol. The van der Waals surface area contributed by atoms with Crippen LogP contribution in [-0.4, -0.2) is 36.9 Å². The first-order valence-corrected chi connectivity index (χ1v) is 9.35. The highest BCUT2D eigenvalue weighted by molar-refractivity contribution is 5.96. The third-order valence-corrected chi connectivity index (χ3v) is 4.88. The topological polar surface area (TPSA) is 99.0 Å². The van der Waals surface area contributed by atoms with Crippen LogP contribution in [0, 0.1) is 10.1 Å². The summed E-state index contributed by atoms with van der Waals surface area (Å²) in [6.45, 7) is 2.93. The number of ketones is 1. The number of anilines is 1. The second-order valence-electron chi connectivity index (χ2n) is 6.82. The summed E-state index contributed by atoms with van der Waals surface area (Å²) in [6.07, 6.45) is 3.08. The van der Waals surface area contributed by atoms with Crippen LogP contribution in [0.25, 0.3) is 0 Å². The van der Waals surface area contributed by atoms with E-state index in [9.17, 15) is 19.7 Å². The molecule has 1 aliphatic rings. The Kier molecular flexibility index (Phi) is 6.11. The molecule has 0 unspecified atom stereocenters. The molecule has 0 aromatic heterocycles. The van der Waals surface area contributed by atoms with Gasteiger partial charge in [-0.05, 0) is 56.5 Å². The van der Waals surface area contributed by atoms with Crippen molar-refractivity contribution in [1.82, 2.24) is 0 Å². The third kappa shape index (κ3) is 4.53. The molecule has 0 radical (unpaired) electrons. The molecule has 1 fully saturated rings. The van der Waals surface area contributed by atoms with Gasteiger partial charge in [-0.3, -0.25) is 14.9 Å². The highest BCUT2D eigenvalue weighted by Gasteiger charge is 2.24. The van der Waals surface area contributed by atoms with Crippen molar-refractivity contribution >= 4 is 23.1 Å². The van der Waals surface area contributed by atoms with Gasteiger partial charge in [-0.15, -0.1) is 0 Å². The zero-order chi connectivity index (χ0) is 21.0. The fourth-order valence-corrected chi connectivity index (χ4v) is 3.33. The number of nitrogens with zero attached hydrogens (tertiary/aromatic N) is 2. The normalized spacial score (nSPS) is 13.7. The quantitative estimate of drug-likeness (QED) is 0.238. The molecule has 0 atom stereocenters. The predicted octanol–water partition coefficient (Wildman–Crippen LogP) is 4.02. The van der Waals surface area contributed by atoms with Gasteiger partial charge < -0.3 is 14.4 Å². The Hall–Kier alpha value is -3.42. The lowest BCUT2D eigenvalue weighted by molar-refractivity contribution is -0.384. The number of nitro benzene ring substituents is 1. The Morgan fingerprint density at radius 3 is 2.31 bits per heavy atom. The number of Topliss-reactive ketones (excluding diaryl/α,β-unsaturated/α-hetero) is 1. The monoisotopic (exact) mass is 398 g/mol. The van der Waals surface area contributed by atoms with E-state index in [1.807, 2.05) is 4.90 Å². The van der Waals surface area contributed by atoms with Crippen LogP contribution < -0.4 is 14.4 Å². The number of hydrogen-bond donors (Lipinski definition) is 0. The molecule has 0 aliphatic carbocycles. The van der Waals surface area contributed by atoms with E-state index in [1.54, 1.807) is 6.07 Å². The molecular formula is C21H22N2O6. The minimum absolute atomic E-state index is 0.0650. The molecule has 152 valence electrons.